The smallest absolute Gasteiger partial charge is 0.233 e. The molecule has 1 amide bonds. The zero-order chi connectivity index (χ0) is 17.8. The molecule has 1 aromatic heterocycles. The van der Waals surface area contributed by atoms with Gasteiger partial charge in [0, 0.05) is 6.04 Å². The Hall–Kier alpha value is -1.89. The van der Waals surface area contributed by atoms with Crippen molar-refractivity contribution in [2.45, 2.75) is 62.9 Å². The molecule has 0 radical (unpaired) electrons. The van der Waals surface area contributed by atoms with Crippen LogP contribution in [0.15, 0.2) is 29.4 Å². The highest BCUT2D eigenvalue weighted by Gasteiger charge is 2.26. The van der Waals surface area contributed by atoms with Crippen LogP contribution in [0.1, 0.15) is 45.1 Å². The molecule has 1 aromatic carbocycles. The van der Waals surface area contributed by atoms with E-state index in [9.17, 15) is 4.79 Å². The average Bonchev–Trinajstić information content (AvgIpc) is 3.05. The number of carbonyl (C=O) groups is 1. The molecule has 25 heavy (non-hydrogen) atoms. The predicted molar refractivity (Wildman–Crippen MR) is 98.8 cm³/mol. The Morgan fingerprint density at radius 3 is 2.84 bits per heavy atom. The number of thioether (sulfide) groups is 1. The number of aromatic nitrogens is 4. The summed E-state index contributed by atoms with van der Waals surface area (Å²) in [7, 11) is 0. The molecular formula is C18H25N5OS. The SMILES string of the molecule is Cc1ccccc1-n1nnnc1S[C@H](C)C(=O)N[C@H]1CCCC[C@@H]1C. The highest BCUT2D eigenvalue weighted by molar-refractivity contribution is 8.00. The third-order valence-electron chi connectivity index (χ3n) is 4.88. The third kappa shape index (κ3) is 4.21. The van der Waals surface area contributed by atoms with Crippen molar-refractivity contribution in [3.05, 3.63) is 29.8 Å². The van der Waals surface area contributed by atoms with Crippen LogP contribution in [0.2, 0.25) is 0 Å². The van der Waals surface area contributed by atoms with Crippen molar-refractivity contribution >= 4 is 17.7 Å². The molecule has 0 bridgehead atoms. The lowest BCUT2D eigenvalue weighted by molar-refractivity contribution is -0.121. The van der Waals surface area contributed by atoms with E-state index in [2.05, 4.69) is 27.8 Å². The molecule has 2 aromatic rings. The van der Waals surface area contributed by atoms with Crippen molar-refractivity contribution in [3.8, 4) is 5.69 Å². The zero-order valence-corrected chi connectivity index (χ0v) is 15.8. The summed E-state index contributed by atoms with van der Waals surface area (Å²) in [4.78, 5) is 12.6. The van der Waals surface area contributed by atoms with Crippen molar-refractivity contribution in [2.75, 3.05) is 0 Å². The van der Waals surface area contributed by atoms with E-state index in [-0.39, 0.29) is 17.2 Å². The fraction of sp³-hybridized carbons (Fsp3) is 0.556. The van der Waals surface area contributed by atoms with Crippen molar-refractivity contribution < 1.29 is 4.79 Å². The van der Waals surface area contributed by atoms with Gasteiger partial charge >= 0.3 is 0 Å². The number of nitrogens with zero attached hydrogens (tertiary/aromatic N) is 4. The number of benzene rings is 1. The lowest BCUT2D eigenvalue weighted by Gasteiger charge is -2.30. The van der Waals surface area contributed by atoms with Crippen molar-refractivity contribution in [2.24, 2.45) is 5.92 Å². The van der Waals surface area contributed by atoms with Crippen LogP contribution in [0.4, 0.5) is 0 Å². The number of rotatable bonds is 5. The van der Waals surface area contributed by atoms with Gasteiger partial charge in [-0.2, -0.15) is 4.68 Å². The summed E-state index contributed by atoms with van der Waals surface area (Å²) in [5, 5.41) is 15.6. The van der Waals surface area contributed by atoms with Gasteiger partial charge in [-0.25, -0.2) is 0 Å². The summed E-state index contributed by atoms with van der Waals surface area (Å²) in [6.07, 6.45) is 4.73. The van der Waals surface area contributed by atoms with E-state index in [0.717, 1.165) is 17.7 Å². The molecule has 7 heteroatoms. The third-order valence-corrected chi connectivity index (χ3v) is 5.91. The van der Waals surface area contributed by atoms with E-state index in [4.69, 9.17) is 0 Å². The Labute approximate surface area is 152 Å². The zero-order valence-electron chi connectivity index (χ0n) is 15.0. The first kappa shape index (κ1) is 17.9. The highest BCUT2D eigenvalue weighted by Crippen LogP contribution is 2.27. The molecule has 1 fully saturated rings. The van der Waals surface area contributed by atoms with Crippen LogP contribution in [0, 0.1) is 12.8 Å². The van der Waals surface area contributed by atoms with E-state index in [0.29, 0.717) is 11.1 Å². The molecular weight excluding hydrogens is 334 g/mol. The number of aryl methyl sites for hydroxylation is 1. The van der Waals surface area contributed by atoms with Gasteiger partial charge in [0.25, 0.3) is 0 Å². The van der Waals surface area contributed by atoms with E-state index in [1.807, 2.05) is 38.1 Å². The van der Waals surface area contributed by atoms with Gasteiger partial charge in [0.2, 0.25) is 11.1 Å². The molecule has 0 spiro atoms. The van der Waals surface area contributed by atoms with Crippen molar-refractivity contribution in [1.82, 2.24) is 25.5 Å². The average molecular weight is 359 g/mol. The molecule has 134 valence electrons. The quantitative estimate of drug-likeness (QED) is 0.830. The Bertz CT molecular complexity index is 732. The van der Waals surface area contributed by atoms with Crippen LogP contribution in [-0.4, -0.2) is 37.4 Å². The summed E-state index contributed by atoms with van der Waals surface area (Å²) in [6.45, 7) is 6.15. The van der Waals surface area contributed by atoms with Crippen LogP contribution >= 0.6 is 11.8 Å². The molecule has 1 heterocycles. The van der Waals surface area contributed by atoms with E-state index < -0.39 is 0 Å². The van der Waals surface area contributed by atoms with Crippen molar-refractivity contribution in [3.63, 3.8) is 0 Å². The van der Waals surface area contributed by atoms with E-state index in [1.54, 1.807) is 4.68 Å². The van der Waals surface area contributed by atoms with Crippen LogP contribution in [0.3, 0.4) is 0 Å². The standard InChI is InChI=1S/C18H25N5OS/c1-12-8-4-6-10-15(12)19-17(24)14(3)25-18-20-21-22-23(18)16-11-7-5-9-13(16)2/h5,7,9,11-12,14-15H,4,6,8,10H2,1-3H3,(H,19,24)/t12-,14+,15-/m0/s1. The second-order valence-electron chi connectivity index (χ2n) is 6.80. The van der Waals surface area contributed by atoms with Crippen LogP contribution in [0.25, 0.3) is 5.69 Å². The number of para-hydroxylation sites is 1. The van der Waals surface area contributed by atoms with Crippen LogP contribution < -0.4 is 5.32 Å². The fourth-order valence-electron chi connectivity index (χ4n) is 3.25. The topological polar surface area (TPSA) is 72.7 Å². The Morgan fingerprint density at radius 1 is 1.32 bits per heavy atom. The first-order valence-corrected chi connectivity index (χ1v) is 9.75. The van der Waals surface area contributed by atoms with Gasteiger partial charge in [0.15, 0.2) is 0 Å². The summed E-state index contributed by atoms with van der Waals surface area (Å²) >= 11 is 1.39. The van der Waals surface area contributed by atoms with Gasteiger partial charge in [-0.05, 0) is 54.7 Å². The maximum absolute atomic E-state index is 12.6. The number of nitrogens with one attached hydrogen (secondary N) is 1. The Morgan fingerprint density at radius 2 is 2.08 bits per heavy atom. The number of carbonyl (C=O) groups excluding carboxylic acids is 1. The maximum Gasteiger partial charge on any atom is 0.233 e. The lowest BCUT2D eigenvalue weighted by atomic mass is 9.86. The molecule has 6 nitrogen and oxygen atoms in total. The predicted octanol–water partition coefficient (Wildman–Crippen LogP) is 3.15. The summed E-state index contributed by atoms with van der Waals surface area (Å²) in [6, 6.07) is 8.23. The largest absolute Gasteiger partial charge is 0.352 e. The summed E-state index contributed by atoms with van der Waals surface area (Å²) < 4.78 is 1.70. The maximum atomic E-state index is 12.6. The lowest BCUT2D eigenvalue weighted by Crippen LogP contribution is -2.44. The Kier molecular flexibility index (Phi) is 5.73. The minimum Gasteiger partial charge on any atom is -0.352 e. The number of hydrogen-bond acceptors (Lipinski definition) is 5. The van der Waals surface area contributed by atoms with Crippen LogP contribution in [0.5, 0.6) is 0 Å². The summed E-state index contributed by atoms with van der Waals surface area (Å²) in [5.74, 6) is 0.607. The molecule has 0 unspecified atom stereocenters. The minimum atomic E-state index is -0.247. The molecule has 1 saturated carbocycles. The molecule has 3 atom stereocenters. The van der Waals surface area contributed by atoms with Crippen molar-refractivity contribution in [1.29, 1.82) is 0 Å². The van der Waals surface area contributed by atoms with E-state index in [1.165, 1.54) is 31.0 Å². The second-order valence-corrected chi connectivity index (χ2v) is 8.10. The van der Waals surface area contributed by atoms with Gasteiger partial charge in [0.05, 0.1) is 10.9 Å². The molecule has 1 N–H and O–H groups in total. The van der Waals surface area contributed by atoms with Gasteiger partial charge in [-0.3, -0.25) is 4.79 Å². The van der Waals surface area contributed by atoms with Gasteiger partial charge in [-0.15, -0.1) is 5.10 Å². The molecule has 0 aliphatic heterocycles. The Balaban J connectivity index is 1.67. The van der Waals surface area contributed by atoms with Gasteiger partial charge in [0.1, 0.15) is 0 Å². The van der Waals surface area contributed by atoms with Gasteiger partial charge < -0.3 is 5.32 Å². The highest BCUT2D eigenvalue weighted by atomic mass is 32.2. The normalized spacial score (nSPS) is 21.7. The number of hydrogen-bond donors (Lipinski definition) is 1. The minimum absolute atomic E-state index is 0.0584. The molecule has 1 aliphatic carbocycles. The molecule has 3 rings (SSSR count). The van der Waals surface area contributed by atoms with E-state index >= 15 is 0 Å². The molecule has 0 saturated heterocycles. The summed E-state index contributed by atoms with van der Waals surface area (Å²) in [5.41, 5.74) is 2.02. The van der Waals surface area contributed by atoms with Crippen LogP contribution in [-0.2, 0) is 4.79 Å². The second kappa shape index (κ2) is 7.99. The number of amides is 1. The first-order valence-electron chi connectivity index (χ1n) is 8.87. The number of tetrazole rings is 1. The first-order chi connectivity index (χ1) is 12.1. The molecule has 1 aliphatic rings. The monoisotopic (exact) mass is 359 g/mol. The fourth-order valence-corrected chi connectivity index (χ4v) is 4.06. The van der Waals surface area contributed by atoms with Gasteiger partial charge in [-0.1, -0.05) is 49.7 Å².